The normalized spacial score (nSPS) is 10.2. The van der Waals surface area contributed by atoms with Crippen LogP contribution in [0.15, 0.2) is 27.8 Å². The molecule has 1 N–H and O–H groups in total. The van der Waals surface area contributed by atoms with Gasteiger partial charge in [0.2, 0.25) is 0 Å². The minimum absolute atomic E-state index is 0.144. The number of aromatic amines is 1. The van der Waals surface area contributed by atoms with Crippen molar-refractivity contribution in [2.45, 2.75) is 6.54 Å². The number of benzene rings is 1. The van der Waals surface area contributed by atoms with Crippen molar-refractivity contribution in [3.63, 3.8) is 0 Å². The van der Waals surface area contributed by atoms with Crippen LogP contribution in [0, 0.1) is 24.2 Å². The number of terminal acetylenes is 1. The molecule has 2 heterocycles. The minimum atomic E-state index is -0.573. The van der Waals surface area contributed by atoms with Crippen LogP contribution in [0.1, 0.15) is 11.4 Å². The van der Waals surface area contributed by atoms with Gasteiger partial charge in [-0.15, -0.1) is 6.42 Å². The predicted octanol–water partition coefficient (Wildman–Crippen LogP) is 0.134. The number of nitrogens with zero attached hydrogens (tertiary/aromatic N) is 4. The molecular formula is C20H19N5O4. The van der Waals surface area contributed by atoms with Crippen LogP contribution < -0.4 is 25.7 Å². The molecule has 0 saturated carbocycles. The zero-order valence-corrected chi connectivity index (χ0v) is 16.4. The number of methoxy groups -OCH3 is 2. The maximum atomic E-state index is 12.6. The van der Waals surface area contributed by atoms with Crippen LogP contribution in [-0.4, -0.2) is 47.5 Å². The monoisotopic (exact) mass is 393 g/mol. The van der Waals surface area contributed by atoms with E-state index in [1.54, 1.807) is 39.4 Å². The van der Waals surface area contributed by atoms with Gasteiger partial charge in [-0.3, -0.25) is 4.79 Å². The molecule has 0 aliphatic heterocycles. The van der Waals surface area contributed by atoms with Crippen LogP contribution in [-0.2, 0) is 6.54 Å². The lowest BCUT2D eigenvalue weighted by Crippen LogP contribution is -2.46. The summed E-state index contributed by atoms with van der Waals surface area (Å²) < 4.78 is 12.7. The first-order valence-electron chi connectivity index (χ1n) is 8.52. The lowest BCUT2D eigenvalue weighted by molar-refractivity contribution is 0.355. The molecule has 0 aliphatic carbocycles. The summed E-state index contributed by atoms with van der Waals surface area (Å²) in [5.74, 6) is 9.50. The quantitative estimate of drug-likeness (QED) is 0.634. The fourth-order valence-corrected chi connectivity index (χ4v) is 2.79. The van der Waals surface area contributed by atoms with Gasteiger partial charge in [0.1, 0.15) is 0 Å². The van der Waals surface area contributed by atoms with E-state index < -0.39 is 11.2 Å². The second-order valence-corrected chi connectivity index (χ2v) is 6.14. The summed E-state index contributed by atoms with van der Waals surface area (Å²) in [4.78, 5) is 32.5. The van der Waals surface area contributed by atoms with Crippen molar-refractivity contribution in [1.29, 1.82) is 0 Å². The van der Waals surface area contributed by atoms with Crippen molar-refractivity contribution < 1.29 is 9.47 Å². The maximum absolute atomic E-state index is 12.6. The Morgan fingerprint density at radius 1 is 1.17 bits per heavy atom. The number of rotatable bonds is 4. The molecular weight excluding hydrogens is 374 g/mol. The third-order valence-corrected chi connectivity index (χ3v) is 4.11. The van der Waals surface area contributed by atoms with E-state index in [0.717, 1.165) is 4.57 Å². The molecule has 0 bridgehead atoms. The Morgan fingerprint density at radius 3 is 2.52 bits per heavy atom. The molecule has 0 radical (unpaired) electrons. The molecule has 0 amide bonds. The predicted molar refractivity (Wildman–Crippen MR) is 109 cm³/mol. The van der Waals surface area contributed by atoms with E-state index in [4.69, 9.17) is 15.9 Å². The van der Waals surface area contributed by atoms with Crippen molar-refractivity contribution in [3.05, 3.63) is 50.4 Å². The number of hydrogen-bond acceptors (Lipinski definition) is 6. The van der Waals surface area contributed by atoms with E-state index in [1.165, 1.54) is 16.8 Å². The Kier molecular flexibility index (Phi) is 5.33. The van der Waals surface area contributed by atoms with Crippen LogP contribution in [0.4, 0.5) is 0 Å². The lowest BCUT2D eigenvalue weighted by Gasteiger charge is -2.16. The molecule has 0 fully saturated rings. The number of aromatic nitrogens is 4. The molecule has 3 aromatic rings. The van der Waals surface area contributed by atoms with Crippen LogP contribution in [0.5, 0.6) is 11.5 Å². The second-order valence-electron chi connectivity index (χ2n) is 6.14. The summed E-state index contributed by atoms with van der Waals surface area (Å²) in [7, 11) is 6.41. The first-order chi connectivity index (χ1) is 13.9. The van der Waals surface area contributed by atoms with Crippen LogP contribution in [0.25, 0.3) is 11.2 Å². The van der Waals surface area contributed by atoms with E-state index in [0.29, 0.717) is 17.1 Å². The average molecular weight is 393 g/mol. The van der Waals surface area contributed by atoms with Gasteiger partial charge in [0.05, 0.1) is 20.8 Å². The van der Waals surface area contributed by atoms with Crippen molar-refractivity contribution in [2.24, 2.45) is 0 Å². The average Bonchev–Trinajstić information content (AvgIpc) is 3.13. The van der Waals surface area contributed by atoms with Gasteiger partial charge in [0.15, 0.2) is 28.5 Å². The molecule has 1 aromatic carbocycles. The zero-order chi connectivity index (χ0) is 21.1. The summed E-state index contributed by atoms with van der Waals surface area (Å²) in [5.41, 5.74) is -0.137. The number of H-pyrrole nitrogens is 1. The summed E-state index contributed by atoms with van der Waals surface area (Å²) in [6.45, 7) is -0.146. The van der Waals surface area contributed by atoms with Gasteiger partial charge in [-0.05, 0) is 24.1 Å². The van der Waals surface area contributed by atoms with Crippen LogP contribution in [0.3, 0.4) is 0 Å². The van der Waals surface area contributed by atoms with E-state index in [1.807, 2.05) is 0 Å². The SMILES string of the molecule is C#CCn1c(=O)c2[nH]c(C#Cc3ccc(OC)c(OC)c3)nc2n(N(C)C)c1=O. The molecule has 2 aromatic heterocycles. The second kappa shape index (κ2) is 7.87. The number of fused-ring (bicyclic) bond motifs is 1. The van der Waals surface area contributed by atoms with Crippen molar-refractivity contribution >= 4 is 11.2 Å². The van der Waals surface area contributed by atoms with Crippen LogP contribution in [0.2, 0.25) is 0 Å². The third kappa shape index (κ3) is 3.54. The summed E-state index contributed by atoms with van der Waals surface area (Å²) in [6, 6.07) is 5.24. The fourth-order valence-electron chi connectivity index (χ4n) is 2.79. The molecule has 0 saturated heterocycles. The zero-order valence-electron chi connectivity index (χ0n) is 16.4. The van der Waals surface area contributed by atoms with Gasteiger partial charge in [-0.2, -0.15) is 4.68 Å². The van der Waals surface area contributed by atoms with E-state index in [-0.39, 0.29) is 23.5 Å². The Labute approximate surface area is 166 Å². The lowest BCUT2D eigenvalue weighted by atomic mass is 10.2. The first kappa shape index (κ1) is 19.6. The van der Waals surface area contributed by atoms with E-state index in [2.05, 4.69) is 27.7 Å². The molecule has 3 rings (SSSR count). The number of ether oxygens (including phenoxy) is 2. The molecule has 0 spiro atoms. The third-order valence-electron chi connectivity index (χ3n) is 4.11. The van der Waals surface area contributed by atoms with Crippen molar-refractivity contribution in [3.8, 4) is 35.7 Å². The summed E-state index contributed by atoms with van der Waals surface area (Å²) in [5, 5.41) is 1.52. The Morgan fingerprint density at radius 2 is 1.90 bits per heavy atom. The molecule has 0 unspecified atom stereocenters. The van der Waals surface area contributed by atoms with Gasteiger partial charge in [-0.1, -0.05) is 11.8 Å². The topological polar surface area (TPSA) is 94.4 Å². The molecule has 9 heteroatoms. The van der Waals surface area contributed by atoms with Crippen molar-refractivity contribution in [2.75, 3.05) is 33.3 Å². The first-order valence-corrected chi connectivity index (χ1v) is 8.52. The van der Waals surface area contributed by atoms with Gasteiger partial charge < -0.3 is 19.5 Å². The Balaban J connectivity index is 2.15. The smallest absolute Gasteiger partial charge is 0.352 e. The number of hydrogen-bond donors (Lipinski definition) is 1. The van der Waals surface area contributed by atoms with Gasteiger partial charge in [0.25, 0.3) is 5.56 Å². The standard InChI is InChI=1S/C20H19N5O4/c1-6-11-24-19(26)17-18(25(20(24)27)23(2)3)22-16(21-17)10-8-13-7-9-14(28-4)15(12-13)29-5/h1,7,9,12H,11H2,2-5H3,(H,21,22). The summed E-state index contributed by atoms with van der Waals surface area (Å²) in [6.07, 6.45) is 5.29. The summed E-state index contributed by atoms with van der Waals surface area (Å²) >= 11 is 0. The van der Waals surface area contributed by atoms with Gasteiger partial charge in [0, 0.05) is 19.7 Å². The van der Waals surface area contributed by atoms with Gasteiger partial charge >= 0.3 is 5.69 Å². The van der Waals surface area contributed by atoms with Crippen LogP contribution >= 0.6 is 0 Å². The molecule has 29 heavy (non-hydrogen) atoms. The molecule has 148 valence electrons. The van der Waals surface area contributed by atoms with E-state index >= 15 is 0 Å². The molecule has 0 aliphatic rings. The molecule has 9 nitrogen and oxygen atoms in total. The highest BCUT2D eigenvalue weighted by Gasteiger charge is 2.17. The Hall–Kier alpha value is -4.11. The largest absolute Gasteiger partial charge is 0.493 e. The molecule has 0 atom stereocenters. The fraction of sp³-hybridized carbons (Fsp3) is 0.250. The van der Waals surface area contributed by atoms with Crippen molar-refractivity contribution in [1.82, 2.24) is 19.2 Å². The Bertz CT molecular complexity index is 1300. The minimum Gasteiger partial charge on any atom is -0.493 e. The van der Waals surface area contributed by atoms with E-state index in [9.17, 15) is 9.59 Å². The maximum Gasteiger partial charge on any atom is 0.352 e. The highest BCUT2D eigenvalue weighted by molar-refractivity contribution is 5.71. The number of nitrogens with one attached hydrogen (secondary N) is 1. The highest BCUT2D eigenvalue weighted by Crippen LogP contribution is 2.27. The highest BCUT2D eigenvalue weighted by atomic mass is 16.5. The van der Waals surface area contributed by atoms with Gasteiger partial charge in [-0.25, -0.2) is 14.3 Å². The number of imidazole rings is 1.